The number of nitrogens with two attached hydrogens (primary N) is 1. The second-order valence-corrected chi connectivity index (χ2v) is 5.45. The van der Waals surface area contributed by atoms with E-state index >= 15 is 0 Å². The molecule has 4 atom stereocenters. The van der Waals surface area contributed by atoms with Crippen LogP contribution in [0.1, 0.15) is 33.6 Å². The van der Waals surface area contributed by atoms with Crippen LogP contribution in [0.5, 0.6) is 0 Å². The second kappa shape index (κ2) is 2.47. The van der Waals surface area contributed by atoms with Gasteiger partial charge in [-0.2, -0.15) is 0 Å². The zero-order valence-corrected chi connectivity index (χ0v) is 8.51. The van der Waals surface area contributed by atoms with Crippen molar-refractivity contribution in [2.75, 3.05) is 6.54 Å². The van der Waals surface area contributed by atoms with E-state index < -0.39 is 0 Å². The van der Waals surface area contributed by atoms with Gasteiger partial charge in [0.2, 0.25) is 0 Å². The van der Waals surface area contributed by atoms with E-state index in [0.717, 1.165) is 30.2 Å². The first-order valence-corrected chi connectivity index (χ1v) is 5.27. The Morgan fingerprint density at radius 3 is 2.42 bits per heavy atom. The summed E-state index contributed by atoms with van der Waals surface area (Å²) in [5.41, 5.74) is 6.40. The summed E-state index contributed by atoms with van der Waals surface area (Å²) in [6.07, 6.45) is 2.87. The molecule has 3 rings (SSSR count). The summed E-state index contributed by atoms with van der Waals surface area (Å²) in [4.78, 5) is 0. The van der Waals surface area contributed by atoms with Crippen LogP contribution < -0.4 is 5.73 Å². The molecule has 0 radical (unpaired) electrons. The first kappa shape index (κ1) is 8.55. The van der Waals surface area contributed by atoms with Crippen LogP contribution >= 0.6 is 0 Å². The maximum atomic E-state index is 5.77. The van der Waals surface area contributed by atoms with Gasteiger partial charge in [-0.25, -0.2) is 0 Å². The molecule has 3 aliphatic rings. The molecule has 0 aromatic carbocycles. The monoisotopic (exact) mass is 167 g/mol. The van der Waals surface area contributed by atoms with Crippen LogP contribution in [-0.2, 0) is 0 Å². The standard InChI is InChI=1S/C11H21N/c1-7-8(6-12)4-9-5-10(7)11(9,2)3/h7-10H,4-6,12H2,1-3H3/t7-,8-,9-,10+/m0/s1. The van der Waals surface area contributed by atoms with Crippen molar-refractivity contribution in [2.24, 2.45) is 34.8 Å². The topological polar surface area (TPSA) is 26.0 Å². The third-order valence-corrected chi connectivity index (χ3v) is 4.81. The molecular formula is C11H21N. The Morgan fingerprint density at radius 1 is 1.33 bits per heavy atom. The predicted octanol–water partition coefficient (Wildman–Crippen LogP) is 2.26. The minimum atomic E-state index is 0.630. The molecule has 0 aromatic heterocycles. The van der Waals surface area contributed by atoms with Gasteiger partial charge in [-0.1, -0.05) is 20.8 Å². The van der Waals surface area contributed by atoms with Gasteiger partial charge in [0.1, 0.15) is 0 Å². The molecule has 3 aliphatic carbocycles. The molecule has 2 bridgehead atoms. The van der Waals surface area contributed by atoms with Gasteiger partial charge in [0.25, 0.3) is 0 Å². The number of hydrogen-bond donors (Lipinski definition) is 1. The quantitative estimate of drug-likeness (QED) is 0.637. The van der Waals surface area contributed by atoms with Crippen LogP contribution in [0.15, 0.2) is 0 Å². The lowest BCUT2D eigenvalue weighted by molar-refractivity contribution is -0.126. The normalized spacial score (nSPS) is 50.0. The van der Waals surface area contributed by atoms with E-state index in [2.05, 4.69) is 20.8 Å². The van der Waals surface area contributed by atoms with Crippen LogP contribution in [0.4, 0.5) is 0 Å². The molecule has 0 saturated heterocycles. The summed E-state index contributed by atoms with van der Waals surface area (Å²) >= 11 is 0. The minimum Gasteiger partial charge on any atom is -0.330 e. The van der Waals surface area contributed by atoms with E-state index in [1.54, 1.807) is 0 Å². The first-order valence-electron chi connectivity index (χ1n) is 5.27. The third kappa shape index (κ3) is 0.891. The Hall–Kier alpha value is -0.0400. The Kier molecular flexibility index (Phi) is 1.76. The Bertz CT molecular complexity index is 185. The fraction of sp³-hybridized carbons (Fsp3) is 1.00. The molecule has 0 unspecified atom stereocenters. The predicted molar refractivity (Wildman–Crippen MR) is 51.7 cm³/mol. The molecule has 0 aromatic rings. The largest absolute Gasteiger partial charge is 0.330 e. The van der Waals surface area contributed by atoms with Crippen LogP contribution in [0.25, 0.3) is 0 Å². The van der Waals surface area contributed by atoms with Gasteiger partial charge in [0.15, 0.2) is 0 Å². The molecule has 70 valence electrons. The van der Waals surface area contributed by atoms with Crippen molar-refractivity contribution in [3.63, 3.8) is 0 Å². The fourth-order valence-electron chi connectivity index (χ4n) is 3.57. The molecule has 0 heterocycles. The molecule has 0 aliphatic heterocycles. The lowest BCUT2D eigenvalue weighted by Gasteiger charge is -2.62. The Morgan fingerprint density at radius 2 is 2.00 bits per heavy atom. The van der Waals surface area contributed by atoms with Gasteiger partial charge in [-0.15, -0.1) is 0 Å². The van der Waals surface area contributed by atoms with Crippen LogP contribution in [0.3, 0.4) is 0 Å². The van der Waals surface area contributed by atoms with Gasteiger partial charge in [0.05, 0.1) is 0 Å². The molecular weight excluding hydrogens is 146 g/mol. The lowest BCUT2D eigenvalue weighted by atomic mass is 9.43. The van der Waals surface area contributed by atoms with Gasteiger partial charge in [0, 0.05) is 0 Å². The summed E-state index contributed by atoms with van der Waals surface area (Å²) in [7, 11) is 0. The Labute approximate surface area is 75.7 Å². The summed E-state index contributed by atoms with van der Waals surface area (Å²) in [6, 6.07) is 0. The number of hydrogen-bond acceptors (Lipinski definition) is 1. The highest BCUT2D eigenvalue weighted by atomic mass is 14.7. The molecule has 2 N–H and O–H groups in total. The SMILES string of the molecule is C[C@H]1[C@H](CN)C[C@H]2C[C@H]1C2(C)C. The van der Waals surface area contributed by atoms with Crippen molar-refractivity contribution in [1.29, 1.82) is 0 Å². The fourth-order valence-corrected chi connectivity index (χ4v) is 3.57. The molecule has 0 spiro atoms. The molecule has 1 heteroatoms. The van der Waals surface area contributed by atoms with Crippen molar-refractivity contribution < 1.29 is 0 Å². The third-order valence-electron chi connectivity index (χ3n) is 4.81. The second-order valence-electron chi connectivity index (χ2n) is 5.45. The average Bonchev–Trinajstić information content (AvgIpc) is 2.03. The van der Waals surface area contributed by atoms with E-state index in [9.17, 15) is 0 Å². The molecule has 12 heavy (non-hydrogen) atoms. The van der Waals surface area contributed by atoms with Gasteiger partial charge < -0.3 is 5.73 Å². The van der Waals surface area contributed by atoms with Crippen LogP contribution in [0.2, 0.25) is 0 Å². The zero-order chi connectivity index (χ0) is 8.93. The smallest absolute Gasteiger partial charge is 0.00461 e. The highest BCUT2D eigenvalue weighted by Gasteiger charge is 2.55. The highest BCUT2D eigenvalue weighted by molar-refractivity contribution is 5.04. The lowest BCUT2D eigenvalue weighted by Crippen LogP contribution is -2.56. The van der Waals surface area contributed by atoms with Crippen molar-refractivity contribution in [3.05, 3.63) is 0 Å². The maximum absolute atomic E-state index is 5.77. The Balaban J connectivity index is 2.11. The molecule has 1 nitrogen and oxygen atoms in total. The van der Waals surface area contributed by atoms with Gasteiger partial charge in [-0.3, -0.25) is 0 Å². The van der Waals surface area contributed by atoms with E-state index in [1.165, 1.54) is 12.8 Å². The summed E-state index contributed by atoms with van der Waals surface area (Å²) in [5.74, 6) is 3.63. The first-order chi connectivity index (χ1) is 5.57. The summed E-state index contributed by atoms with van der Waals surface area (Å²) < 4.78 is 0. The van der Waals surface area contributed by atoms with E-state index in [0.29, 0.717) is 5.41 Å². The number of rotatable bonds is 1. The van der Waals surface area contributed by atoms with E-state index in [-0.39, 0.29) is 0 Å². The minimum absolute atomic E-state index is 0.630. The molecule has 3 fully saturated rings. The van der Waals surface area contributed by atoms with Crippen molar-refractivity contribution >= 4 is 0 Å². The number of fused-ring (bicyclic) bond motifs is 2. The van der Waals surface area contributed by atoms with Crippen LogP contribution in [0, 0.1) is 29.1 Å². The molecule has 0 amide bonds. The van der Waals surface area contributed by atoms with Gasteiger partial charge in [-0.05, 0) is 48.5 Å². The van der Waals surface area contributed by atoms with Crippen molar-refractivity contribution in [3.8, 4) is 0 Å². The summed E-state index contributed by atoms with van der Waals surface area (Å²) in [6.45, 7) is 8.19. The molecule has 3 saturated carbocycles. The van der Waals surface area contributed by atoms with E-state index in [1.807, 2.05) is 0 Å². The highest BCUT2D eigenvalue weighted by Crippen LogP contribution is 2.62. The summed E-state index contributed by atoms with van der Waals surface area (Å²) in [5, 5.41) is 0. The average molecular weight is 167 g/mol. The maximum Gasteiger partial charge on any atom is -0.00461 e. The zero-order valence-electron chi connectivity index (χ0n) is 8.51. The van der Waals surface area contributed by atoms with Crippen LogP contribution in [-0.4, -0.2) is 6.54 Å². The van der Waals surface area contributed by atoms with Crippen molar-refractivity contribution in [1.82, 2.24) is 0 Å². The van der Waals surface area contributed by atoms with E-state index in [4.69, 9.17) is 5.73 Å². The van der Waals surface area contributed by atoms with Gasteiger partial charge >= 0.3 is 0 Å². The van der Waals surface area contributed by atoms with Crippen molar-refractivity contribution in [2.45, 2.75) is 33.6 Å².